The van der Waals surface area contributed by atoms with Gasteiger partial charge in [0.05, 0.1) is 0 Å². The van der Waals surface area contributed by atoms with E-state index in [2.05, 4.69) is 4.98 Å². The summed E-state index contributed by atoms with van der Waals surface area (Å²) in [4.78, 5) is 50.5. The predicted octanol–water partition coefficient (Wildman–Crippen LogP) is 2.22. The SMILES string of the molecule is CC(=O)C(CCCCC(=O)O)(C(=O)O)C(=O)c1cc(Cl)ccn1. The molecule has 1 aromatic rings. The van der Waals surface area contributed by atoms with E-state index < -0.39 is 28.9 Å². The Kier molecular flexibility index (Phi) is 6.38. The molecule has 1 unspecified atom stereocenters. The second kappa shape index (κ2) is 7.82. The van der Waals surface area contributed by atoms with E-state index in [9.17, 15) is 24.3 Å². The molecule has 0 aliphatic carbocycles. The van der Waals surface area contributed by atoms with E-state index in [0.29, 0.717) is 0 Å². The Labute approximate surface area is 137 Å². The van der Waals surface area contributed by atoms with E-state index in [1.165, 1.54) is 18.3 Å². The molecule has 0 aromatic carbocycles. The number of carboxylic acids is 2. The Hall–Kier alpha value is -2.28. The third-order valence-electron chi connectivity index (χ3n) is 3.50. The molecule has 1 atom stereocenters. The lowest BCUT2D eigenvalue weighted by atomic mass is 9.74. The van der Waals surface area contributed by atoms with Crippen LogP contribution >= 0.6 is 11.6 Å². The number of halogens is 1. The molecule has 1 aromatic heterocycles. The average Bonchev–Trinajstić information content (AvgIpc) is 2.45. The van der Waals surface area contributed by atoms with Gasteiger partial charge in [0.15, 0.2) is 11.2 Å². The number of carbonyl (C=O) groups excluding carboxylic acids is 2. The Morgan fingerprint density at radius 1 is 1.22 bits per heavy atom. The average molecular weight is 342 g/mol. The Balaban J connectivity index is 3.13. The van der Waals surface area contributed by atoms with Crippen LogP contribution in [0.4, 0.5) is 0 Å². The Bertz CT molecular complexity index is 629. The molecule has 8 heteroatoms. The molecular formula is C15H16ClNO6. The van der Waals surface area contributed by atoms with Crippen molar-refractivity contribution >= 4 is 35.1 Å². The van der Waals surface area contributed by atoms with Crippen LogP contribution in [0, 0.1) is 5.41 Å². The van der Waals surface area contributed by atoms with E-state index in [1.54, 1.807) is 0 Å². The number of nitrogens with zero attached hydrogens (tertiary/aromatic N) is 1. The minimum absolute atomic E-state index is 0.102. The first-order valence-electron chi connectivity index (χ1n) is 6.84. The summed E-state index contributed by atoms with van der Waals surface area (Å²) in [6, 6.07) is 2.61. The molecule has 0 aliphatic rings. The van der Waals surface area contributed by atoms with Gasteiger partial charge in [0.25, 0.3) is 0 Å². The fraction of sp³-hybridized carbons (Fsp3) is 0.400. The zero-order valence-corrected chi connectivity index (χ0v) is 13.2. The zero-order chi connectivity index (χ0) is 17.6. The van der Waals surface area contributed by atoms with Gasteiger partial charge >= 0.3 is 11.9 Å². The van der Waals surface area contributed by atoms with Gasteiger partial charge in [0, 0.05) is 17.6 Å². The third kappa shape index (κ3) is 4.35. The van der Waals surface area contributed by atoms with Gasteiger partial charge in [-0.3, -0.25) is 24.2 Å². The van der Waals surface area contributed by atoms with Crippen LogP contribution in [-0.2, 0) is 14.4 Å². The van der Waals surface area contributed by atoms with Crippen LogP contribution in [0.25, 0.3) is 0 Å². The number of hydrogen-bond donors (Lipinski definition) is 2. The van der Waals surface area contributed by atoms with Gasteiger partial charge in [-0.15, -0.1) is 0 Å². The number of ketones is 2. The number of rotatable bonds is 9. The number of unbranched alkanes of at least 4 members (excludes halogenated alkanes) is 1. The summed E-state index contributed by atoms with van der Waals surface area (Å²) in [5.74, 6) is -4.38. The van der Waals surface area contributed by atoms with Crippen LogP contribution in [0.5, 0.6) is 0 Å². The van der Waals surface area contributed by atoms with Crippen LogP contribution < -0.4 is 0 Å². The number of Topliss-reactive ketones (excluding diaryl/α,β-unsaturated/α-hetero) is 2. The molecule has 7 nitrogen and oxygen atoms in total. The molecule has 23 heavy (non-hydrogen) atoms. The minimum atomic E-state index is -2.28. The van der Waals surface area contributed by atoms with Gasteiger partial charge in [-0.2, -0.15) is 0 Å². The van der Waals surface area contributed by atoms with Gasteiger partial charge < -0.3 is 10.2 Å². The van der Waals surface area contributed by atoms with E-state index in [0.717, 1.165) is 6.92 Å². The molecule has 0 spiro atoms. The molecule has 0 saturated carbocycles. The molecule has 124 valence electrons. The van der Waals surface area contributed by atoms with Gasteiger partial charge in [0.1, 0.15) is 5.69 Å². The van der Waals surface area contributed by atoms with Gasteiger partial charge in [-0.1, -0.05) is 18.0 Å². The molecular weight excluding hydrogens is 326 g/mol. The normalized spacial score (nSPS) is 13.1. The first kappa shape index (κ1) is 18.8. The molecule has 0 radical (unpaired) electrons. The van der Waals surface area contributed by atoms with Crippen molar-refractivity contribution in [3.8, 4) is 0 Å². The van der Waals surface area contributed by atoms with Gasteiger partial charge in [-0.25, -0.2) is 0 Å². The second-order valence-corrected chi connectivity index (χ2v) is 5.49. The zero-order valence-electron chi connectivity index (χ0n) is 12.4. The number of pyridine rings is 1. The molecule has 0 saturated heterocycles. The van der Waals surface area contributed by atoms with E-state index in [-0.39, 0.29) is 36.4 Å². The standard InChI is InChI=1S/C15H16ClNO6/c1-9(18)15(14(22)23,6-3-2-4-12(19)20)13(21)11-8-10(16)5-7-17-11/h5,7-8H,2-4,6H2,1H3,(H,19,20)(H,22,23). The Morgan fingerprint density at radius 2 is 1.87 bits per heavy atom. The molecule has 1 rings (SSSR count). The van der Waals surface area contributed by atoms with Crippen molar-refractivity contribution in [2.75, 3.05) is 0 Å². The summed E-state index contributed by atoms with van der Waals surface area (Å²) in [5, 5.41) is 18.3. The number of hydrogen-bond acceptors (Lipinski definition) is 5. The summed E-state index contributed by atoms with van der Waals surface area (Å²) in [5.41, 5.74) is -2.50. The predicted molar refractivity (Wildman–Crippen MR) is 80.4 cm³/mol. The smallest absolute Gasteiger partial charge is 0.325 e. The number of carboxylic acid groups (broad SMARTS) is 2. The fourth-order valence-corrected chi connectivity index (χ4v) is 2.38. The van der Waals surface area contributed by atoms with Crippen LogP contribution in [-0.4, -0.2) is 38.7 Å². The summed E-state index contributed by atoms with van der Waals surface area (Å²) in [7, 11) is 0. The highest BCUT2D eigenvalue weighted by Crippen LogP contribution is 2.31. The van der Waals surface area contributed by atoms with Crippen molar-refractivity contribution in [2.45, 2.75) is 32.6 Å². The molecule has 2 N–H and O–H groups in total. The summed E-state index contributed by atoms with van der Waals surface area (Å²) in [6.07, 6.45) is 1.04. The molecule has 0 fully saturated rings. The van der Waals surface area contributed by atoms with Crippen molar-refractivity contribution in [1.82, 2.24) is 4.98 Å². The molecule has 0 aliphatic heterocycles. The topological polar surface area (TPSA) is 122 Å². The lowest BCUT2D eigenvalue weighted by molar-refractivity contribution is -0.151. The molecule has 0 amide bonds. The van der Waals surface area contributed by atoms with Gasteiger partial charge in [0.2, 0.25) is 5.78 Å². The van der Waals surface area contributed by atoms with E-state index in [1.807, 2.05) is 0 Å². The fourth-order valence-electron chi connectivity index (χ4n) is 2.22. The monoisotopic (exact) mass is 341 g/mol. The minimum Gasteiger partial charge on any atom is -0.481 e. The number of aliphatic carboxylic acids is 2. The third-order valence-corrected chi connectivity index (χ3v) is 3.74. The lowest BCUT2D eigenvalue weighted by Gasteiger charge is -2.24. The maximum atomic E-state index is 12.6. The van der Waals surface area contributed by atoms with E-state index >= 15 is 0 Å². The van der Waals surface area contributed by atoms with Crippen molar-refractivity contribution in [1.29, 1.82) is 0 Å². The first-order valence-corrected chi connectivity index (χ1v) is 7.22. The highest BCUT2D eigenvalue weighted by Gasteiger charge is 2.50. The largest absolute Gasteiger partial charge is 0.481 e. The number of carbonyl (C=O) groups is 4. The number of aromatic nitrogens is 1. The highest BCUT2D eigenvalue weighted by atomic mass is 35.5. The molecule has 0 bridgehead atoms. The van der Waals surface area contributed by atoms with E-state index in [4.69, 9.17) is 16.7 Å². The summed E-state index contributed by atoms with van der Waals surface area (Å²) >= 11 is 5.77. The van der Waals surface area contributed by atoms with Gasteiger partial charge in [-0.05, 0) is 31.9 Å². The quantitative estimate of drug-likeness (QED) is 0.401. The van der Waals surface area contributed by atoms with Crippen LogP contribution in [0.1, 0.15) is 43.1 Å². The maximum Gasteiger partial charge on any atom is 0.325 e. The van der Waals surface area contributed by atoms with Crippen LogP contribution in [0.15, 0.2) is 18.3 Å². The highest BCUT2D eigenvalue weighted by molar-refractivity contribution is 6.31. The maximum absolute atomic E-state index is 12.6. The van der Waals surface area contributed by atoms with Crippen molar-refractivity contribution in [3.05, 3.63) is 29.0 Å². The summed E-state index contributed by atoms with van der Waals surface area (Å²) < 4.78 is 0. The molecule has 1 heterocycles. The van der Waals surface area contributed by atoms with Crippen LogP contribution in [0.2, 0.25) is 5.02 Å². The summed E-state index contributed by atoms with van der Waals surface area (Å²) in [6.45, 7) is 1.02. The van der Waals surface area contributed by atoms with Crippen molar-refractivity contribution in [2.24, 2.45) is 5.41 Å². The van der Waals surface area contributed by atoms with Crippen molar-refractivity contribution < 1.29 is 29.4 Å². The lowest BCUT2D eigenvalue weighted by Crippen LogP contribution is -2.45. The second-order valence-electron chi connectivity index (χ2n) is 5.06. The van der Waals surface area contributed by atoms with Crippen LogP contribution in [0.3, 0.4) is 0 Å². The first-order chi connectivity index (χ1) is 10.7. The van der Waals surface area contributed by atoms with Crippen molar-refractivity contribution in [3.63, 3.8) is 0 Å². The Morgan fingerprint density at radius 3 is 2.35 bits per heavy atom.